The topological polar surface area (TPSA) is 145 Å². The van der Waals surface area contributed by atoms with Gasteiger partial charge in [0.2, 0.25) is 5.75 Å². The van der Waals surface area contributed by atoms with Crippen molar-refractivity contribution in [3.63, 3.8) is 0 Å². The van der Waals surface area contributed by atoms with Crippen molar-refractivity contribution in [2.24, 2.45) is 0 Å². The second kappa shape index (κ2) is 9.29. The molecule has 3 rings (SSSR count). The minimum absolute atomic E-state index is 0.134. The summed E-state index contributed by atoms with van der Waals surface area (Å²) in [5.41, 5.74) is -0.415. The number of carboxylic acid groups (broad SMARTS) is 1. The number of H-pyrrole nitrogens is 1. The number of carbonyl (C=O) groups excluding carboxylic acids is 1. The van der Waals surface area contributed by atoms with Crippen molar-refractivity contribution in [1.82, 2.24) is 20.2 Å². The number of nitrogens with zero attached hydrogens (tertiary/aromatic N) is 2. The van der Waals surface area contributed by atoms with Gasteiger partial charge in [0, 0.05) is 31.1 Å². The first kappa shape index (κ1) is 21.2. The van der Waals surface area contributed by atoms with E-state index in [1.807, 2.05) is 19.1 Å². The van der Waals surface area contributed by atoms with Gasteiger partial charge < -0.3 is 30.2 Å². The van der Waals surface area contributed by atoms with Crippen LogP contribution in [-0.2, 0) is 6.54 Å². The third-order valence-electron chi connectivity index (χ3n) is 4.99. The molecule has 0 atom stereocenters. The highest BCUT2D eigenvalue weighted by molar-refractivity contribution is 5.94. The van der Waals surface area contributed by atoms with Crippen LogP contribution in [-0.4, -0.2) is 56.8 Å². The lowest BCUT2D eigenvalue weighted by molar-refractivity contribution is 0.0941. The molecule has 30 heavy (non-hydrogen) atoms. The summed E-state index contributed by atoms with van der Waals surface area (Å²) in [7, 11) is 0. The van der Waals surface area contributed by atoms with Crippen molar-refractivity contribution < 1.29 is 24.5 Å². The Bertz CT molecular complexity index is 982. The molecule has 2 heterocycles. The molecule has 0 unspecified atom stereocenters. The predicted octanol–water partition coefficient (Wildman–Crippen LogP) is 1.66. The number of amides is 2. The number of hydrogen-bond acceptors (Lipinski definition) is 6. The zero-order chi connectivity index (χ0) is 21.7. The Kier molecular flexibility index (Phi) is 6.55. The molecule has 1 aliphatic heterocycles. The van der Waals surface area contributed by atoms with Gasteiger partial charge in [-0.1, -0.05) is 18.2 Å². The van der Waals surface area contributed by atoms with Gasteiger partial charge in [0.1, 0.15) is 11.6 Å². The maximum absolute atomic E-state index is 12.6. The smallest absolute Gasteiger partial charge is 0.407 e. The number of para-hydroxylation sites is 1. The van der Waals surface area contributed by atoms with Gasteiger partial charge in [0.05, 0.1) is 6.61 Å². The van der Waals surface area contributed by atoms with Gasteiger partial charge in [-0.3, -0.25) is 9.59 Å². The lowest BCUT2D eigenvalue weighted by Gasteiger charge is -2.29. The lowest BCUT2D eigenvalue weighted by atomic mass is 9.96. The third-order valence-corrected chi connectivity index (χ3v) is 4.99. The SMILES string of the molecule is CCOc1ccccc1CNC(=O)c1nc(C2CCN(C(=O)O)CC2)[nH]c(=O)c1O. The molecule has 1 aromatic carbocycles. The van der Waals surface area contributed by atoms with Crippen LogP contribution < -0.4 is 15.6 Å². The second-order valence-electron chi connectivity index (χ2n) is 6.92. The molecule has 0 spiro atoms. The van der Waals surface area contributed by atoms with Gasteiger partial charge in [0.15, 0.2) is 5.69 Å². The molecule has 0 saturated carbocycles. The molecule has 10 nitrogen and oxygen atoms in total. The summed E-state index contributed by atoms with van der Waals surface area (Å²) in [5, 5.41) is 21.8. The number of ether oxygens (including phenoxy) is 1. The number of aromatic hydroxyl groups is 1. The number of likely N-dealkylation sites (tertiary alicyclic amines) is 1. The minimum Gasteiger partial charge on any atom is -0.501 e. The van der Waals surface area contributed by atoms with Gasteiger partial charge in [-0.15, -0.1) is 0 Å². The summed E-state index contributed by atoms with van der Waals surface area (Å²) >= 11 is 0. The fraction of sp³-hybridized carbons (Fsp3) is 0.400. The number of rotatable bonds is 6. The Morgan fingerprint density at radius 3 is 2.67 bits per heavy atom. The van der Waals surface area contributed by atoms with Crippen molar-refractivity contribution in [3.05, 3.63) is 51.7 Å². The number of hydrogen-bond donors (Lipinski definition) is 4. The van der Waals surface area contributed by atoms with E-state index in [-0.39, 0.29) is 24.0 Å². The molecule has 10 heteroatoms. The number of aromatic nitrogens is 2. The highest BCUT2D eigenvalue weighted by atomic mass is 16.5. The summed E-state index contributed by atoms with van der Waals surface area (Å²) in [6.07, 6.45) is -0.0703. The van der Waals surface area contributed by atoms with E-state index in [9.17, 15) is 19.5 Å². The van der Waals surface area contributed by atoms with Crippen LogP contribution >= 0.6 is 0 Å². The van der Waals surface area contributed by atoms with Crippen molar-refractivity contribution in [2.45, 2.75) is 32.2 Å². The summed E-state index contributed by atoms with van der Waals surface area (Å²) in [5.74, 6) is -0.748. The van der Waals surface area contributed by atoms with Crippen molar-refractivity contribution in [1.29, 1.82) is 0 Å². The summed E-state index contributed by atoms with van der Waals surface area (Å²) in [4.78, 5) is 43.8. The molecule has 0 aliphatic carbocycles. The molecule has 4 N–H and O–H groups in total. The van der Waals surface area contributed by atoms with Gasteiger partial charge >= 0.3 is 6.09 Å². The van der Waals surface area contributed by atoms with Crippen molar-refractivity contribution >= 4 is 12.0 Å². The van der Waals surface area contributed by atoms with Crippen LogP contribution in [0.2, 0.25) is 0 Å². The number of nitrogens with one attached hydrogen (secondary N) is 2. The average Bonchev–Trinajstić information content (AvgIpc) is 2.75. The van der Waals surface area contributed by atoms with Crippen LogP contribution in [0.25, 0.3) is 0 Å². The van der Waals surface area contributed by atoms with Crippen LogP contribution in [0, 0.1) is 0 Å². The van der Waals surface area contributed by atoms with Gasteiger partial charge in [-0.25, -0.2) is 9.78 Å². The van der Waals surface area contributed by atoms with E-state index in [0.29, 0.717) is 38.3 Å². The first-order valence-corrected chi connectivity index (χ1v) is 9.70. The number of benzene rings is 1. The molecule has 1 saturated heterocycles. The molecular formula is C20H24N4O6. The molecule has 1 aromatic heterocycles. The standard InChI is InChI=1S/C20H24N4O6/c1-2-30-14-6-4-3-5-13(14)11-21-18(26)15-16(25)19(27)23-17(22-15)12-7-9-24(10-8-12)20(28)29/h3-6,12,25H,2,7-11H2,1H3,(H,21,26)(H,28,29)(H,22,23,27). The average molecular weight is 416 g/mol. The van der Waals surface area contributed by atoms with Gasteiger partial charge in [-0.05, 0) is 25.8 Å². The predicted molar refractivity (Wildman–Crippen MR) is 107 cm³/mol. The monoisotopic (exact) mass is 416 g/mol. The molecule has 0 bridgehead atoms. The van der Waals surface area contributed by atoms with Crippen LogP contribution in [0.1, 0.15) is 47.6 Å². The van der Waals surface area contributed by atoms with E-state index in [1.165, 1.54) is 4.90 Å². The molecule has 0 radical (unpaired) electrons. The molecule has 2 aromatic rings. The number of piperidine rings is 1. The first-order valence-electron chi connectivity index (χ1n) is 9.70. The Morgan fingerprint density at radius 1 is 1.30 bits per heavy atom. The maximum Gasteiger partial charge on any atom is 0.407 e. The van der Waals surface area contributed by atoms with Gasteiger partial charge in [-0.2, -0.15) is 0 Å². The van der Waals surface area contributed by atoms with Crippen molar-refractivity contribution in [3.8, 4) is 11.5 Å². The van der Waals surface area contributed by atoms with E-state index < -0.39 is 23.3 Å². The fourth-order valence-corrected chi connectivity index (χ4v) is 3.39. The van der Waals surface area contributed by atoms with E-state index in [4.69, 9.17) is 9.84 Å². The molecule has 1 aliphatic rings. The maximum atomic E-state index is 12.6. The highest BCUT2D eigenvalue weighted by Gasteiger charge is 2.27. The van der Waals surface area contributed by atoms with E-state index in [1.54, 1.807) is 12.1 Å². The molecule has 1 fully saturated rings. The molecule has 2 amide bonds. The number of aromatic amines is 1. The third kappa shape index (κ3) is 4.70. The van der Waals surface area contributed by atoms with Crippen LogP contribution in [0.4, 0.5) is 4.79 Å². The zero-order valence-corrected chi connectivity index (χ0v) is 16.6. The quantitative estimate of drug-likeness (QED) is 0.560. The lowest BCUT2D eigenvalue weighted by Crippen LogP contribution is -2.37. The largest absolute Gasteiger partial charge is 0.501 e. The molecular weight excluding hydrogens is 392 g/mol. The summed E-state index contributed by atoms with van der Waals surface area (Å²) in [6, 6.07) is 7.23. The van der Waals surface area contributed by atoms with E-state index in [0.717, 1.165) is 5.56 Å². The van der Waals surface area contributed by atoms with Crippen LogP contribution in [0.15, 0.2) is 29.1 Å². The zero-order valence-electron chi connectivity index (χ0n) is 16.6. The summed E-state index contributed by atoms with van der Waals surface area (Å²) in [6.45, 7) is 3.08. The van der Waals surface area contributed by atoms with Crippen LogP contribution in [0.5, 0.6) is 11.5 Å². The summed E-state index contributed by atoms with van der Waals surface area (Å²) < 4.78 is 5.52. The second-order valence-corrected chi connectivity index (χ2v) is 6.92. The Hall–Kier alpha value is -3.56. The molecule has 160 valence electrons. The van der Waals surface area contributed by atoms with Crippen LogP contribution in [0.3, 0.4) is 0 Å². The van der Waals surface area contributed by atoms with Crippen molar-refractivity contribution in [2.75, 3.05) is 19.7 Å². The Labute approximate surface area is 172 Å². The minimum atomic E-state index is -0.993. The normalized spacial score (nSPS) is 14.4. The first-order chi connectivity index (χ1) is 14.4. The fourth-order valence-electron chi connectivity index (χ4n) is 3.39. The van der Waals surface area contributed by atoms with E-state index in [2.05, 4.69) is 15.3 Å². The number of carbonyl (C=O) groups is 2. The Balaban J connectivity index is 1.75. The van der Waals surface area contributed by atoms with Gasteiger partial charge in [0.25, 0.3) is 11.5 Å². The highest BCUT2D eigenvalue weighted by Crippen LogP contribution is 2.26. The Morgan fingerprint density at radius 2 is 2.00 bits per heavy atom. The van der Waals surface area contributed by atoms with E-state index >= 15 is 0 Å².